The van der Waals surface area contributed by atoms with Crippen molar-refractivity contribution in [3.63, 3.8) is 0 Å². The Balaban J connectivity index is 1.24. The number of hydrogen-bond acceptors (Lipinski definition) is 5. The SMILES string of the molecule is Fc1cc(C(F)(F)F)ccc1/C=C/c1nc(CNc2ccc(CCCCn3ccnn3)cc2)co1. The van der Waals surface area contributed by atoms with Gasteiger partial charge in [-0.15, -0.1) is 5.10 Å². The molecule has 0 atom stereocenters. The van der Waals surface area contributed by atoms with Gasteiger partial charge in [0.15, 0.2) is 0 Å². The Bertz CT molecular complexity index is 1250. The van der Waals surface area contributed by atoms with Crippen LogP contribution in [0, 0.1) is 5.82 Å². The second-order valence-corrected chi connectivity index (χ2v) is 7.92. The van der Waals surface area contributed by atoms with Crippen molar-refractivity contribution in [1.82, 2.24) is 20.0 Å². The minimum absolute atomic E-state index is 0.00867. The number of hydrogen-bond donors (Lipinski definition) is 1. The number of aromatic nitrogens is 4. The van der Waals surface area contributed by atoms with Crippen LogP contribution < -0.4 is 5.32 Å². The third kappa shape index (κ3) is 7.02. The highest BCUT2D eigenvalue weighted by Gasteiger charge is 2.30. The summed E-state index contributed by atoms with van der Waals surface area (Å²) in [5.41, 5.74) is 1.79. The number of unbranched alkanes of at least 4 members (excludes halogenated alkanes) is 1. The summed E-state index contributed by atoms with van der Waals surface area (Å²) >= 11 is 0. The molecule has 4 rings (SSSR count). The number of halogens is 4. The fraction of sp³-hybridized carbons (Fsp3) is 0.240. The van der Waals surface area contributed by atoms with Crippen LogP contribution in [0.3, 0.4) is 0 Å². The fourth-order valence-electron chi connectivity index (χ4n) is 3.42. The molecule has 1 N–H and O–H groups in total. The molecule has 2 aromatic carbocycles. The zero-order chi connectivity index (χ0) is 24.7. The van der Waals surface area contributed by atoms with Crippen molar-refractivity contribution in [2.75, 3.05) is 5.32 Å². The quantitative estimate of drug-likeness (QED) is 0.213. The summed E-state index contributed by atoms with van der Waals surface area (Å²) < 4.78 is 59.1. The van der Waals surface area contributed by atoms with Gasteiger partial charge in [-0.3, -0.25) is 4.68 Å². The molecule has 0 aliphatic carbocycles. The maximum absolute atomic E-state index is 14.0. The Morgan fingerprint density at radius 3 is 2.57 bits per heavy atom. The van der Waals surface area contributed by atoms with E-state index in [2.05, 4.69) is 32.7 Å². The van der Waals surface area contributed by atoms with E-state index in [4.69, 9.17) is 4.42 Å². The Hall–Kier alpha value is -3.95. The summed E-state index contributed by atoms with van der Waals surface area (Å²) in [6.45, 7) is 1.27. The van der Waals surface area contributed by atoms with Gasteiger partial charge in [0.1, 0.15) is 12.1 Å². The number of aryl methyl sites for hydroxylation is 2. The van der Waals surface area contributed by atoms with Crippen LogP contribution in [0.2, 0.25) is 0 Å². The highest BCUT2D eigenvalue weighted by Crippen LogP contribution is 2.30. The first-order valence-electron chi connectivity index (χ1n) is 11.0. The molecule has 0 bridgehead atoms. The largest absolute Gasteiger partial charge is 0.445 e. The van der Waals surface area contributed by atoms with E-state index in [9.17, 15) is 17.6 Å². The third-order valence-electron chi connectivity index (χ3n) is 5.30. The van der Waals surface area contributed by atoms with E-state index in [0.29, 0.717) is 18.3 Å². The number of rotatable bonds is 10. The van der Waals surface area contributed by atoms with E-state index < -0.39 is 17.6 Å². The van der Waals surface area contributed by atoms with Gasteiger partial charge in [0.2, 0.25) is 5.89 Å². The average molecular weight is 485 g/mol. The summed E-state index contributed by atoms with van der Waals surface area (Å²) in [7, 11) is 0. The van der Waals surface area contributed by atoms with Crippen LogP contribution in [0.15, 0.2) is 65.5 Å². The van der Waals surface area contributed by atoms with Crippen molar-refractivity contribution in [2.24, 2.45) is 0 Å². The molecule has 0 fully saturated rings. The molecule has 10 heteroatoms. The smallest absolute Gasteiger partial charge is 0.416 e. The number of alkyl halides is 3. The van der Waals surface area contributed by atoms with Crippen molar-refractivity contribution in [2.45, 2.75) is 38.5 Å². The predicted octanol–water partition coefficient (Wildman–Crippen LogP) is 6.23. The summed E-state index contributed by atoms with van der Waals surface area (Å²) in [5, 5.41) is 11.0. The Morgan fingerprint density at radius 1 is 1.03 bits per heavy atom. The van der Waals surface area contributed by atoms with E-state index in [-0.39, 0.29) is 11.5 Å². The Kier molecular flexibility index (Phi) is 7.59. The molecule has 0 saturated carbocycles. The van der Waals surface area contributed by atoms with Crippen LogP contribution in [0.25, 0.3) is 12.2 Å². The molecule has 4 aromatic rings. The first-order valence-corrected chi connectivity index (χ1v) is 11.0. The van der Waals surface area contributed by atoms with E-state index in [0.717, 1.165) is 43.6 Å². The lowest BCUT2D eigenvalue weighted by molar-refractivity contribution is -0.137. The second kappa shape index (κ2) is 11.0. The summed E-state index contributed by atoms with van der Waals surface area (Å²) in [4.78, 5) is 4.29. The van der Waals surface area contributed by atoms with E-state index in [1.165, 1.54) is 24.0 Å². The molecule has 0 amide bonds. The maximum atomic E-state index is 14.0. The molecule has 0 aliphatic rings. The molecule has 0 saturated heterocycles. The normalized spacial score (nSPS) is 11.9. The number of nitrogens with zero attached hydrogens (tertiary/aromatic N) is 4. The number of oxazole rings is 1. The monoisotopic (exact) mass is 485 g/mol. The number of benzene rings is 2. The number of anilines is 1. The predicted molar refractivity (Wildman–Crippen MR) is 124 cm³/mol. The fourth-order valence-corrected chi connectivity index (χ4v) is 3.42. The van der Waals surface area contributed by atoms with Crippen LogP contribution in [0.5, 0.6) is 0 Å². The molecule has 0 aliphatic heterocycles. The van der Waals surface area contributed by atoms with Crippen molar-refractivity contribution in [3.05, 3.63) is 95.2 Å². The van der Waals surface area contributed by atoms with Gasteiger partial charge >= 0.3 is 6.18 Å². The molecule has 2 aromatic heterocycles. The molecular formula is C25H23F4N5O. The third-order valence-corrected chi connectivity index (χ3v) is 5.30. The zero-order valence-corrected chi connectivity index (χ0v) is 18.7. The summed E-state index contributed by atoms with van der Waals surface area (Å²) in [6.07, 6.45) is 6.20. The molecule has 0 radical (unpaired) electrons. The van der Waals surface area contributed by atoms with Gasteiger partial charge in [0, 0.05) is 30.1 Å². The van der Waals surface area contributed by atoms with Crippen molar-refractivity contribution in [1.29, 1.82) is 0 Å². The maximum Gasteiger partial charge on any atom is 0.416 e. The Labute approximate surface area is 199 Å². The minimum Gasteiger partial charge on any atom is -0.445 e. The topological polar surface area (TPSA) is 68.8 Å². The zero-order valence-electron chi connectivity index (χ0n) is 18.7. The van der Waals surface area contributed by atoms with Gasteiger partial charge < -0.3 is 9.73 Å². The van der Waals surface area contributed by atoms with Gasteiger partial charge in [0.05, 0.1) is 24.0 Å². The first kappa shape index (κ1) is 24.2. The van der Waals surface area contributed by atoms with Gasteiger partial charge in [-0.1, -0.05) is 23.4 Å². The second-order valence-electron chi connectivity index (χ2n) is 7.92. The highest BCUT2D eigenvalue weighted by molar-refractivity contribution is 5.66. The standard InChI is InChI=1S/C25H23F4N5O/c26-23-15-20(25(27,28)29)8-6-19(23)7-11-24-32-22(17-35-24)16-30-21-9-4-18(5-10-21)3-1-2-13-34-14-12-31-33-34/h4-12,14-15,17,30H,1-3,13,16H2/b11-7+. The molecule has 0 unspecified atom stereocenters. The summed E-state index contributed by atoms with van der Waals surface area (Å²) in [5.74, 6) is -0.745. The average Bonchev–Trinajstić information content (AvgIpc) is 3.52. The Morgan fingerprint density at radius 2 is 1.86 bits per heavy atom. The van der Waals surface area contributed by atoms with Crippen LogP contribution in [-0.4, -0.2) is 20.0 Å². The molecule has 182 valence electrons. The van der Waals surface area contributed by atoms with Gasteiger partial charge in [-0.2, -0.15) is 13.2 Å². The summed E-state index contributed by atoms with van der Waals surface area (Å²) in [6, 6.07) is 10.5. The lowest BCUT2D eigenvalue weighted by atomic mass is 10.1. The van der Waals surface area contributed by atoms with Gasteiger partial charge in [-0.05, 0) is 55.2 Å². The lowest BCUT2D eigenvalue weighted by Gasteiger charge is -2.07. The van der Waals surface area contributed by atoms with Crippen LogP contribution in [-0.2, 0) is 25.7 Å². The van der Waals surface area contributed by atoms with Gasteiger partial charge in [-0.25, -0.2) is 9.37 Å². The van der Waals surface area contributed by atoms with Crippen molar-refractivity contribution >= 4 is 17.8 Å². The van der Waals surface area contributed by atoms with E-state index in [1.807, 2.05) is 23.0 Å². The molecular weight excluding hydrogens is 462 g/mol. The molecule has 2 heterocycles. The lowest BCUT2D eigenvalue weighted by Crippen LogP contribution is -2.05. The van der Waals surface area contributed by atoms with E-state index in [1.54, 1.807) is 6.20 Å². The van der Waals surface area contributed by atoms with Crippen LogP contribution in [0.1, 0.15) is 41.1 Å². The highest BCUT2D eigenvalue weighted by atomic mass is 19.4. The minimum atomic E-state index is -4.59. The van der Waals surface area contributed by atoms with Gasteiger partial charge in [0.25, 0.3) is 0 Å². The van der Waals surface area contributed by atoms with E-state index >= 15 is 0 Å². The molecule has 35 heavy (non-hydrogen) atoms. The first-order chi connectivity index (χ1) is 16.9. The van der Waals surface area contributed by atoms with Crippen molar-refractivity contribution in [3.8, 4) is 0 Å². The number of nitrogens with one attached hydrogen (secondary N) is 1. The van der Waals surface area contributed by atoms with Crippen molar-refractivity contribution < 1.29 is 22.0 Å². The van der Waals surface area contributed by atoms with Crippen LogP contribution >= 0.6 is 0 Å². The molecule has 0 spiro atoms. The molecule has 6 nitrogen and oxygen atoms in total. The van der Waals surface area contributed by atoms with Crippen LogP contribution in [0.4, 0.5) is 23.2 Å².